The summed E-state index contributed by atoms with van der Waals surface area (Å²) in [4.78, 5) is 13.8. The van der Waals surface area contributed by atoms with E-state index in [1.54, 1.807) is 0 Å². The van der Waals surface area contributed by atoms with Gasteiger partial charge in [0.2, 0.25) is 5.91 Å². The standard InChI is InChI=1S/C15H14N2O/c1-11-6-2-4-8-13(11)17-10-15(18)16-12-7-3-5-9-14(12)17/h2-9H,10H2,1H3,(H,16,18). The van der Waals surface area contributed by atoms with E-state index in [9.17, 15) is 4.79 Å². The van der Waals surface area contributed by atoms with E-state index in [4.69, 9.17) is 0 Å². The van der Waals surface area contributed by atoms with Gasteiger partial charge in [-0.3, -0.25) is 4.79 Å². The molecule has 0 aliphatic carbocycles. The Morgan fingerprint density at radius 3 is 2.44 bits per heavy atom. The first-order chi connectivity index (χ1) is 8.75. The zero-order valence-electron chi connectivity index (χ0n) is 10.2. The number of fused-ring (bicyclic) bond motifs is 1. The third-order valence-corrected chi connectivity index (χ3v) is 3.18. The van der Waals surface area contributed by atoms with Gasteiger partial charge in [0, 0.05) is 5.69 Å². The molecule has 2 aromatic carbocycles. The molecule has 90 valence electrons. The number of para-hydroxylation sites is 3. The minimum Gasteiger partial charge on any atom is -0.330 e. The minimum atomic E-state index is 0.0250. The highest BCUT2D eigenvalue weighted by Gasteiger charge is 2.23. The van der Waals surface area contributed by atoms with Crippen LogP contribution in [-0.2, 0) is 4.79 Å². The number of amides is 1. The van der Waals surface area contributed by atoms with Gasteiger partial charge >= 0.3 is 0 Å². The lowest BCUT2D eigenvalue weighted by Gasteiger charge is -2.31. The fourth-order valence-electron chi connectivity index (χ4n) is 2.31. The van der Waals surface area contributed by atoms with Crippen molar-refractivity contribution < 1.29 is 4.79 Å². The highest BCUT2D eigenvalue weighted by molar-refractivity contribution is 6.03. The van der Waals surface area contributed by atoms with Gasteiger partial charge < -0.3 is 10.2 Å². The number of hydrogen-bond donors (Lipinski definition) is 1. The average Bonchev–Trinajstić information content (AvgIpc) is 2.38. The molecule has 0 aromatic heterocycles. The summed E-state index contributed by atoms with van der Waals surface area (Å²) in [5.41, 5.74) is 4.17. The van der Waals surface area contributed by atoms with E-state index in [0.717, 1.165) is 17.1 Å². The number of hydrogen-bond acceptors (Lipinski definition) is 2. The number of anilines is 3. The van der Waals surface area contributed by atoms with E-state index in [0.29, 0.717) is 6.54 Å². The second-order valence-electron chi connectivity index (χ2n) is 4.44. The van der Waals surface area contributed by atoms with Gasteiger partial charge in [0.25, 0.3) is 0 Å². The molecule has 1 N–H and O–H groups in total. The van der Waals surface area contributed by atoms with E-state index in [1.807, 2.05) is 42.5 Å². The van der Waals surface area contributed by atoms with Gasteiger partial charge in [-0.2, -0.15) is 0 Å². The van der Waals surface area contributed by atoms with Crippen LogP contribution in [0, 0.1) is 6.92 Å². The van der Waals surface area contributed by atoms with Crippen LogP contribution in [-0.4, -0.2) is 12.5 Å². The van der Waals surface area contributed by atoms with Crippen molar-refractivity contribution in [1.82, 2.24) is 0 Å². The number of aryl methyl sites for hydroxylation is 1. The summed E-state index contributed by atoms with van der Waals surface area (Å²) in [6, 6.07) is 16.0. The first-order valence-corrected chi connectivity index (χ1v) is 5.98. The third kappa shape index (κ3) is 1.74. The van der Waals surface area contributed by atoms with Crippen molar-refractivity contribution >= 4 is 23.0 Å². The number of carbonyl (C=O) groups is 1. The molecule has 0 fully saturated rings. The van der Waals surface area contributed by atoms with Gasteiger partial charge in [0.05, 0.1) is 11.4 Å². The Morgan fingerprint density at radius 1 is 1.00 bits per heavy atom. The number of nitrogens with one attached hydrogen (secondary N) is 1. The van der Waals surface area contributed by atoms with E-state index in [-0.39, 0.29) is 5.91 Å². The third-order valence-electron chi connectivity index (χ3n) is 3.18. The van der Waals surface area contributed by atoms with Gasteiger partial charge in [0.15, 0.2) is 0 Å². The molecule has 2 aromatic rings. The Bertz CT molecular complexity index is 607. The van der Waals surface area contributed by atoms with Crippen LogP contribution in [0.5, 0.6) is 0 Å². The molecule has 1 aliphatic rings. The lowest BCUT2D eigenvalue weighted by Crippen LogP contribution is -2.35. The van der Waals surface area contributed by atoms with Crippen molar-refractivity contribution in [3.63, 3.8) is 0 Å². The zero-order valence-corrected chi connectivity index (χ0v) is 10.2. The summed E-state index contributed by atoms with van der Waals surface area (Å²) in [7, 11) is 0. The Morgan fingerprint density at radius 2 is 1.67 bits per heavy atom. The van der Waals surface area contributed by atoms with Gasteiger partial charge in [-0.1, -0.05) is 30.3 Å². The smallest absolute Gasteiger partial charge is 0.244 e. The van der Waals surface area contributed by atoms with Gasteiger partial charge in [-0.15, -0.1) is 0 Å². The van der Waals surface area contributed by atoms with Crippen molar-refractivity contribution in [2.75, 3.05) is 16.8 Å². The van der Waals surface area contributed by atoms with Crippen molar-refractivity contribution in [3.8, 4) is 0 Å². The van der Waals surface area contributed by atoms with Crippen LogP contribution in [0.25, 0.3) is 0 Å². The quantitative estimate of drug-likeness (QED) is 0.828. The second kappa shape index (κ2) is 4.18. The van der Waals surface area contributed by atoms with Gasteiger partial charge in [0.1, 0.15) is 6.54 Å². The molecule has 0 saturated carbocycles. The summed E-state index contributed by atoms with van der Waals surface area (Å²) >= 11 is 0. The normalized spacial score (nSPS) is 14.1. The largest absolute Gasteiger partial charge is 0.330 e. The molecule has 3 nitrogen and oxygen atoms in total. The summed E-state index contributed by atoms with van der Waals surface area (Å²) in [5.74, 6) is 0.0250. The summed E-state index contributed by atoms with van der Waals surface area (Å²) < 4.78 is 0. The monoisotopic (exact) mass is 238 g/mol. The molecule has 18 heavy (non-hydrogen) atoms. The number of benzene rings is 2. The minimum absolute atomic E-state index is 0.0250. The van der Waals surface area contributed by atoms with Crippen LogP contribution in [0.1, 0.15) is 5.56 Å². The molecule has 0 bridgehead atoms. The summed E-state index contributed by atoms with van der Waals surface area (Å²) in [5, 5.41) is 2.90. The van der Waals surface area contributed by atoms with E-state index in [2.05, 4.69) is 23.2 Å². The van der Waals surface area contributed by atoms with E-state index in [1.165, 1.54) is 5.56 Å². The van der Waals surface area contributed by atoms with E-state index < -0.39 is 0 Å². The molecule has 0 unspecified atom stereocenters. The molecule has 1 aliphatic heterocycles. The van der Waals surface area contributed by atoms with Crippen molar-refractivity contribution in [2.45, 2.75) is 6.92 Å². The van der Waals surface area contributed by atoms with Crippen LogP contribution in [0.4, 0.5) is 17.1 Å². The van der Waals surface area contributed by atoms with Gasteiger partial charge in [-0.05, 0) is 30.7 Å². The Hall–Kier alpha value is -2.29. The maximum atomic E-state index is 11.8. The van der Waals surface area contributed by atoms with Crippen LogP contribution in [0.15, 0.2) is 48.5 Å². The number of nitrogens with zero attached hydrogens (tertiary/aromatic N) is 1. The van der Waals surface area contributed by atoms with Gasteiger partial charge in [-0.25, -0.2) is 0 Å². The first kappa shape index (κ1) is 10.8. The van der Waals surface area contributed by atoms with E-state index >= 15 is 0 Å². The SMILES string of the molecule is Cc1ccccc1N1CC(=O)Nc2ccccc21. The predicted octanol–water partition coefficient (Wildman–Crippen LogP) is 3.09. The number of rotatable bonds is 1. The molecule has 1 amide bonds. The molecule has 1 heterocycles. The first-order valence-electron chi connectivity index (χ1n) is 5.98. The lowest BCUT2D eigenvalue weighted by molar-refractivity contribution is -0.115. The van der Waals surface area contributed by atoms with Crippen LogP contribution < -0.4 is 10.2 Å². The highest BCUT2D eigenvalue weighted by Crippen LogP contribution is 2.35. The number of carbonyl (C=O) groups excluding carboxylic acids is 1. The molecule has 0 radical (unpaired) electrons. The summed E-state index contributed by atoms with van der Waals surface area (Å²) in [6.07, 6.45) is 0. The lowest BCUT2D eigenvalue weighted by atomic mass is 10.1. The van der Waals surface area contributed by atoms with Crippen LogP contribution in [0.2, 0.25) is 0 Å². The predicted molar refractivity (Wildman–Crippen MR) is 73.3 cm³/mol. The zero-order chi connectivity index (χ0) is 12.5. The molecular formula is C15H14N2O. The second-order valence-corrected chi connectivity index (χ2v) is 4.44. The van der Waals surface area contributed by atoms with Crippen molar-refractivity contribution in [1.29, 1.82) is 0 Å². The maximum absolute atomic E-state index is 11.8. The Labute approximate surface area is 106 Å². The molecule has 0 saturated heterocycles. The highest BCUT2D eigenvalue weighted by atomic mass is 16.2. The maximum Gasteiger partial charge on any atom is 0.244 e. The molecule has 0 atom stereocenters. The average molecular weight is 238 g/mol. The summed E-state index contributed by atoms with van der Waals surface area (Å²) in [6.45, 7) is 2.42. The van der Waals surface area contributed by atoms with Crippen molar-refractivity contribution in [3.05, 3.63) is 54.1 Å². The van der Waals surface area contributed by atoms with Crippen molar-refractivity contribution in [2.24, 2.45) is 0 Å². The molecular weight excluding hydrogens is 224 g/mol. The van der Waals surface area contributed by atoms with Crippen LogP contribution in [0.3, 0.4) is 0 Å². The molecule has 3 rings (SSSR count). The topological polar surface area (TPSA) is 32.3 Å². The van der Waals surface area contributed by atoms with Crippen LogP contribution >= 0.6 is 0 Å². The fourth-order valence-corrected chi connectivity index (χ4v) is 2.31. The fraction of sp³-hybridized carbons (Fsp3) is 0.133. The Kier molecular flexibility index (Phi) is 2.52. The molecule has 3 heteroatoms. The molecule has 0 spiro atoms. The Balaban J connectivity index is 2.13.